The van der Waals surface area contributed by atoms with Gasteiger partial charge < -0.3 is 5.11 Å². The molecule has 1 fully saturated rings. The second-order valence-electron chi connectivity index (χ2n) is 5.19. The normalized spacial score (nSPS) is 19.6. The number of nitrogens with zero attached hydrogens (tertiary/aromatic N) is 5. The number of aromatic nitrogens is 4. The van der Waals surface area contributed by atoms with E-state index in [1.165, 1.54) is 5.56 Å². The van der Waals surface area contributed by atoms with E-state index in [1.807, 2.05) is 22.9 Å². The Labute approximate surface area is 118 Å². The Kier molecular flexibility index (Phi) is 4.03. The number of tetrazole rings is 1. The monoisotopic (exact) mass is 273 g/mol. The summed E-state index contributed by atoms with van der Waals surface area (Å²) in [6, 6.07) is 10.4. The van der Waals surface area contributed by atoms with Crippen molar-refractivity contribution in [3.63, 3.8) is 0 Å². The first-order valence-corrected chi connectivity index (χ1v) is 7.00. The summed E-state index contributed by atoms with van der Waals surface area (Å²) in [6.45, 7) is 2.59. The lowest BCUT2D eigenvalue weighted by Crippen LogP contribution is -2.32. The number of aliphatic hydroxyl groups excluding tert-OH is 1. The summed E-state index contributed by atoms with van der Waals surface area (Å²) < 4.78 is 1.84. The maximum Gasteiger partial charge on any atom is 0.165 e. The van der Waals surface area contributed by atoms with Crippen molar-refractivity contribution < 1.29 is 5.11 Å². The number of hydrogen-bond donors (Lipinski definition) is 1. The molecule has 1 aromatic heterocycles. The molecular formula is C14H19N5O. The molecule has 0 saturated carbocycles. The van der Waals surface area contributed by atoms with Crippen LogP contribution in [0.2, 0.25) is 0 Å². The minimum Gasteiger partial charge on any atom is -0.395 e. The lowest BCUT2D eigenvalue weighted by Gasteiger charge is -2.21. The number of rotatable bonds is 5. The van der Waals surface area contributed by atoms with Crippen molar-refractivity contribution >= 4 is 0 Å². The summed E-state index contributed by atoms with van der Waals surface area (Å²) >= 11 is 0. The van der Waals surface area contributed by atoms with Gasteiger partial charge in [-0.05, 0) is 35.4 Å². The molecule has 20 heavy (non-hydrogen) atoms. The van der Waals surface area contributed by atoms with Crippen molar-refractivity contribution in [2.24, 2.45) is 0 Å². The van der Waals surface area contributed by atoms with Gasteiger partial charge in [0.15, 0.2) is 5.82 Å². The zero-order valence-electron chi connectivity index (χ0n) is 11.4. The Bertz CT molecular complexity index is 542. The van der Waals surface area contributed by atoms with Crippen molar-refractivity contribution in [2.75, 3.05) is 13.2 Å². The smallest absolute Gasteiger partial charge is 0.165 e. The van der Waals surface area contributed by atoms with Crippen LogP contribution in [0.15, 0.2) is 30.3 Å². The van der Waals surface area contributed by atoms with Crippen molar-refractivity contribution in [1.29, 1.82) is 0 Å². The maximum absolute atomic E-state index is 9.37. The van der Waals surface area contributed by atoms with Crippen molar-refractivity contribution in [2.45, 2.75) is 32.0 Å². The predicted octanol–water partition coefficient (Wildman–Crippen LogP) is 0.678. The molecule has 0 bridgehead atoms. The Hall–Kier alpha value is -1.79. The summed E-state index contributed by atoms with van der Waals surface area (Å²) in [5.41, 5.74) is 1.18. The van der Waals surface area contributed by atoms with Crippen LogP contribution in [0.25, 0.3) is 0 Å². The van der Waals surface area contributed by atoms with E-state index < -0.39 is 0 Å². The van der Waals surface area contributed by atoms with Gasteiger partial charge in [0.1, 0.15) is 0 Å². The Balaban J connectivity index is 1.70. The zero-order chi connectivity index (χ0) is 13.8. The van der Waals surface area contributed by atoms with E-state index in [0.29, 0.717) is 13.1 Å². The number of aliphatic hydroxyl groups is 1. The third-order valence-corrected chi connectivity index (χ3v) is 3.84. The zero-order valence-corrected chi connectivity index (χ0v) is 11.4. The van der Waals surface area contributed by atoms with Crippen LogP contribution in [-0.2, 0) is 13.1 Å². The quantitative estimate of drug-likeness (QED) is 0.867. The van der Waals surface area contributed by atoms with E-state index in [2.05, 4.69) is 32.6 Å². The van der Waals surface area contributed by atoms with Crippen molar-refractivity contribution in [1.82, 2.24) is 25.1 Å². The minimum atomic E-state index is 0.209. The van der Waals surface area contributed by atoms with E-state index in [9.17, 15) is 5.11 Å². The van der Waals surface area contributed by atoms with Gasteiger partial charge in [-0.1, -0.05) is 30.3 Å². The molecule has 1 N–H and O–H groups in total. The third kappa shape index (κ3) is 2.86. The van der Waals surface area contributed by atoms with Gasteiger partial charge in [-0.25, -0.2) is 4.68 Å². The summed E-state index contributed by atoms with van der Waals surface area (Å²) in [6.07, 6.45) is 2.18. The van der Waals surface area contributed by atoms with Crippen LogP contribution in [0.3, 0.4) is 0 Å². The summed E-state index contributed by atoms with van der Waals surface area (Å²) in [5, 5.41) is 21.3. The van der Waals surface area contributed by atoms with E-state index in [-0.39, 0.29) is 12.6 Å². The highest BCUT2D eigenvalue weighted by Gasteiger charge is 2.25. The van der Waals surface area contributed by atoms with Gasteiger partial charge >= 0.3 is 0 Å². The van der Waals surface area contributed by atoms with Crippen molar-refractivity contribution in [3.8, 4) is 0 Å². The molecule has 2 heterocycles. The van der Waals surface area contributed by atoms with Crippen LogP contribution in [0.1, 0.15) is 24.2 Å². The standard InChI is InChI=1S/C14H19N5O/c20-11-13-7-4-8-18(13)10-14-15-16-17-19(14)9-12-5-2-1-3-6-12/h1-3,5-6,13,20H,4,7-11H2. The number of likely N-dealkylation sites (tertiary alicyclic amines) is 1. The second-order valence-corrected chi connectivity index (χ2v) is 5.19. The highest BCUT2D eigenvalue weighted by atomic mass is 16.3. The van der Waals surface area contributed by atoms with Gasteiger partial charge in [-0.3, -0.25) is 4.90 Å². The van der Waals surface area contributed by atoms with Crippen LogP contribution >= 0.6 is 0 Å². The molecule has 1 unspecified atom stereocenters. The van der Waals surface area contributed by atoms with Gasteiger partial charge in [0.25, 0.3) is 0 Å². The number of hydrogen-bond acceptors (Lipinski definition) is 5. The number of benzene rings is 1. The van der Waals surface area contributed by atoms with E-state index in [1.54, 1.807) is 0 Å². The predicted molar refractivity (Wildman–Crippen MR) is 73.9 cm³/mol. The molecule has 3 rings (SSSR count). The highest BCUT2D eigenvalue weighted by Crippen LogP contribution is 2.18. The van der Waals surface area contributed by atoms with Crippen LogP contribution in [0.5, 0.6) is 0 Å². The van der Waals surface area contributed by atoms with Gasteiger partial charge in [0.2, 0.25) is 0 Å². The molecule has 1 aliphatic rings. The van der Waals surface area contributed by atoms with Crippen LogP contribution in [0, 0.1) is 0 Å². The Morgan fingerprint density at radius 2 is 2.05 bits per heavy atom. The average Bonchev–Trinajstić information content (AvgIpc) is 3.10. The second kappa shape index (κ2) is 6.11. The molecule has 0 aliphatic carbocycles. The molecule has 0 spiro atoms. The largest absolute Gasteiger partial charge is 0.395 e. The molecule has 106 valence electrons. The lowest BCUT2D eigenvalue weighted by atomic mass is 10.2. The van der Waals surface area contributed by atoms with Crippen LogP contribution < -0.4 is 0 Å². The first-order chi connectivity index (χ1) is 9.86. The van der Waals surface area contributed by atoms with Crippen molar-refractivity contribution in [3.05, 3.63) is 41.7 Å². The van der Waals surface area contributed by atoms with E-state index >= 15 is 0 Å². The van der Waals surface area contributed by atoms with Gasteiger partial charge in [-0.15, -0.1) is 5.10 Å². The van der Waals surface area contributed by atoms with Crippen LogP contribution in [0.4, 0.5) is 0 Å². The molecule has 6 nitrogen and oxygen atoms in total. The van der Waals surface area contributed by atoms with E-state index in [0.717, 1.165) is 25.2 Å². The van der Waals surface area contributed by atoms with Gasteiger partial charge in [0, 0.05) is 6.04 Å². The Morgan fingerprint density at radius 3 is 2.85 bits per heavy atom. The summed E-state index contributed by atoms with van der Waals surface area (Å²) in [4.78, 5) is 2.26. The molecule has 0 radical (unpaired) electrons. The molecule has 6 heteroatoms. The van der Waals surface area contributed by atoms with Gasteiger partial charge in [0.05, 0.1) is 19.7 Å². The lowest BCUT2D eigenvalue weighted by molar-refractivity contribution is 0.149. The van der Waals surface area contributed by atoms with Crippen LogP contribution in [-0.4, -0.2) is 49.4 Å². The molecule has 0 amide bonds. The van der Waals surface area contributed by atoms with E-state index in [4.69, 9.17) is 0 Å². The third-order valence-electron chi connectivity index (χ3n) is 3.84. The molecule has 1 aliphatic heterocycles. The molecule has 1 aromatic carbocycles. The topological polar surface area (TPSA) is 67.1 Å². The van der Waals surface area contributed by atoms with Gasteiger partial charge in [-0.2, -0.15) is 0 Å². The summed E-state index contributed by atoms with van der Waals surface area (Å²) in [5.74, 6) is 0.856. The Morgan fingerprint density at radius 1 is 1.20 bits per heavy atom. The molecule has 1 atom stereocenters. The maximum atomic E-state index is 9.37. The molecular weight excluding hydrogens is 254 g/mol. The first-order valence-electron chi connectivity index (χ1n) is 7.00. The average molecular weight is 273 g/mol. The fourth-order valence-electron chi connectivity index (χ4n) is 2.71. The fraction of sp³-hybridized carbons (Fsp3) is 0.500. The minimum absolute atomic E-state index is 0.209. The summed E-state index contributed by atoms with van der Waals surface area (Å²) in [7, 11) is 0. The fourth-order valence-corrected chi connectivity index (χ4v) is 2.71. The molecule has 2 aromatic rings. The molecule has 1 saturated heterocycles. The SMILES string of the molecule is OCC1CCCN1Cc1nnnn1Cc1ccccc1. The highest BCUT2D eigenvalue weighted by molar-refractivity contribution is 5.14. The first kappa shape index (κ1) is 13.2.